The first kappa shape index (κ1) is 15.9. The number of hydrogen-bond donors (Lipinski definition) is 1. The zero-order valence-electron chi connectivity index (χ0n) is 13.7. The Labute approximate surface area is 141 Å². The quantitative estimate of drug-likeness (QED) is 0.522. The van der Waals surface area contributed by atoms with Gasteiger partial charge < -0.3 is 15.0 Å². The normalized spacial score (nSPS) is 13.9. The van der Waals surface area contributed by atoms with E-state index in [0.29, 0.717) is 5.71 Å². The minimum Gasteiger partial charge on any atom is -0.411 e. The lowest BCUT2D eigenvalue weighted by Crippen LogP contribution is -2.30. The van der Waals surface area contributed by atoms with Crippen molar-refractivity contribution < 1.29 is 5.21 Å². The van der Waals surface area contributed by atoms with Crippen LogP contribution in [0.5, 0.6) is 0 Å². The van der Waals surface area contributed by atoms with E-state index in [-0.39, 0.29) is 0 Å². The Morgan fingerprint density at radius 1 is 1.13 bits per heavy atom. The molecule has 0 aliphatic carbocycles. The standard InChI is InChI=1S/C18H21N3OS/c1-13(19-22)14-8-9-18-16(12-14)21(11-10-20(2)3)15-6-4-5-7-17(15)23-18/h4-9,12,22H,10-11H2,1-3H3. The molecule has 4 nitrogen and oxygen atoms in total. The van der Waals surface area contributed by atoms with Crippen molar-refractivity contribution in [2.45, 2.75) is 16.7 Å². The molecule has 120 valence electrons. The Bertz CT molecular complexity index is 743. The van der Waals surface area contributed by atoms with Crippen LogP contribution in [0.4, 0.5) is 11.4 Å². The molecular formula is C18H21N3OS. The molecule has 0 bridgehead atoms. The molecule has 0 amide bonds. The third-order valence-corrected chi connectivity index (χ3v) is 5.09. The molecule has 1 aliphatic rings. The van der Waals surface area contributed by atoms with E-state index in [2.05, 4.69) is 65.4 Å². The maximum Gasteiger partial charge on any atom is 0.0837 e. The zero-order chi connectivity index (χ0) is 16.4. The SMILES string of the molecule is CC(=NO)c1ccc2c(c1)N(CCN(C)C)c1ccccc1S2. The number of likely N-dealkylation sites (N-methyl/N-ethyl adjacent to an activating group) is 1. The van der Waals surface area contributed by atoms with Crippen LogP contribution >= 0.6 is 11.8 Å². The number of fused-ring (bicyclic) bond motifs is 2. The fraction of sp³-hybridized carbons (Fsp3) is 0.278. The van der Waals surface area contributed by atoms with Gasteiger partial charge in [-0.25, -0.2) is 0 Å². The van der Waals surface area contributed by atoms with Crippen LogP contribution in [0.3, 0.4) is 0 Å². The predicted octanol–water partition coefficient (Wildman–Crippen LogP) is 4.05. The Morgan fingerprint density at radius 3 is 2.61 bits per heavy atom. The van der Waals surface area contributed by atoms with Gasteiger partial charge in [-0.05, 0) is 45.3 Å². The van der Waals surface area contributed by atoms with Crippen LogP contribution in [-0.2, 0) is 0 Å². The van der Waals surface area contributed by atoms with Gasteiger partial charge in [-0.3, -0.25) is 0 Å². The van der Waals surface area contributed by atoms with Gasteiger partial charge in [0.05, 0.1) is 17.1 Å². The summed E-state index contributed by atoms with van der Waals surface area (Å²) >= 11 is 1.79. The van der Waals surface area contributed by atoms with Gasteiger partial charge in [0.1, 0.15) is 0 Å². The second kappa shape index (κ2) is 6.64. The largest absolute Gasteiger partial charge is 0.411 e. The predicted molar refractivity (Wildman–Crippen MR) is 96.6 cm³/mol. The van der Waals surface area contributed by atoms with Crippen molar-refractivity contribution in [2.75, 3.05) is 32.1 Å². The van der Waals surface area contributed by atoms with Crippen LogP contribution in [0.15, 0.2) is 57.4 Å². The van der Waals surface area contributed by atoms with Crippen molar-refractivity contribution in [2.24, 2.45) is 5.16 Å². The van der Waals surface area contributed by atoms with Gasteiger partial charge in [0.25, 0.3) is 0 Å². The van der Waals surface area contributed by atoms with Gasteiger partial charge in [0, 0.05) is 28.4 Å². The molecule has 1 N–H and O–H groups in total. The van der Waals surface area contributed by atoms with Gasteiger partial charge >= 0.3 is 0 Å². The molecule has 0 aromatic heterocycles. The lowest BCUT2D eigenvalue weighted by molar-refractivity contribution is 0.319. The molecule has 2 aromatic carbocycles. The van der Waals surface area contributed by atoms with Gasteiger partial charge in [-0.2, -0.15) is 0 Å². The van der Waals surface area contributed by atoms with Crippen LogP contribution in [0.1, 0.15) is 12.5 Å². The van der Waals surface area contributed by atoms with Crippen molar-refractivity contribution >= 4 is 28.8 Å². The number of rotatable bonds is 4. The molecule has 1 aliphatic heterocycles. The van der Waals surface area contributed by atoms with Gasteiger partial charge in [-0.15, -0.1) is 0 Å². The number of oxime groups is 1. The molecule has 0 unspecified atom stereocenters. The zero-order valence-corrected chi connectivity index (χ0v) is 14.5. The van der Waals surface area contributed by atoms with E-state index in [0.717, 1.165) is 18.7 Å². The summed E-state index contributed by atoms with van der Waals surface area (Å²) in [5.41, 5.74) is 3.99. The first-order valence-corrected chi connectivity index (χ1v) is 8.44. The number of para-hydroxylation sites is 1. The average molecular weight is 327 g/mol. The first-order chi connectivity index (χ1) is 11.1. The summed E-state index contributed by atoms with van der Waals surface area (Å²) in [7, 11) is 4.18. The number of anilines is 2. The van der Waals surface area contributed by atoms with Crippen LogP contribution in [0.2, 0.25) is 0 Å². The molecule has 3 rings (SSSR count). The molecule has 2 aromatic rings. The molecule has 23 heavy (non-hydrogen) atoms. The Balaban J connectivity index is 2.06. The summed E-state index contributed by atoms with van der Waals surface area (Å²) in [6.45, 7) is 3.70. The van der Waals surface area contributed by atoms with Crippen molar-refractivity contribution in [3.63, 3.8) is 0 Å². The van der Waals surface area contributed by atoms with E-state index in [1.54, 1.807) is 11.8 Å². The van der Waals surface area contributed by atoms with E-state index in [1.807, 2.05) is 13.0 Å². The molecule has 0 atom stereocenters. The highest BCUT2D eigenvalue weighted by Gasteiger charge is 2.23. The van der Waals surface area contributed by atoms with Crippen LogP contribution < -0.4 is 4.90 Å². The molecule has 0 saturated carbocycles. The van der Waals surface area contributed by atoms with Gasteiger partial charge in [0.15, 0.2) is 0 Å². The lowest BCUT2D eigenvalue weighted by Gasteiger charge is -2.33. The van der Waals surface area contributed by atoms with Crippen molar-refractivity contribution in [3.05, 3.63) is 48.0 Å². The molecule has 0 spiro atoms. The smallest absolute Gasteiger partial charge is 0.0837 e. The second-order valence-corrected chi connectivity index (χ2v) is 6.98. The number of benzene rings is 2. The number of nitrogens with zero attached hydrogens (tertiary/aromatic N) is 3. The van der Waals surface area contributed by atoms with E-state index in [4.69, 9.17) is 5.21 Å². The van der Waals surface area contributed by atoms with Crippen LogP contribution in [-0.4, -0.2) is 43.0 Å². The Kier molecular flexibility index (Phi) is 4.59. The highest BCUT2D eigenvalue weighted by molar-refractivity contribution is 7.99. The molecule has 0 fully saturated rings. The van der Waals surface area contributed by atoms with Crippen LogP contribution in [0.25, 0.3) is 0 Å². The van der Waals surface area contributed by atoms with Crippen LogP contribution in [0, 0.1) is 0 Å². The summed E-state index contributed by atoms with van der Waals surface area (Å²) in [5, 5.41) is 12.4. The highest BCUT2D eigenvalue weighted by atomic mass is 32.2. The van der Waals surface area contributed by atoms with Crippen molar-refractivity contribution in [1.82, 2.24) is 4.90 Å². The maximum atomic E-state index is 9.05. The first-order valence-electron chi connectivity index (χ1n) is 7.62. The molecule has 5 heteroatoms. The molecular weight excluding hydrogens is 306 g/mol. The Hall–Kier alpha value is -1.98. The summed E-state index contributed by atoms with van der Waals surface area (Å²) in [5.74, 6) is 0. The fourth-order valence-electron chi connectivity index (χ4n) is 2.65. The summed E-state index contributed by atoms with van der Waals surface area (Å²) in [6.07, 6.45) is 0. The number of hydrogen-bond acceptors (Lipinski definition) is 5. The second-order valence-electron chi connectivity index (χ2n) is 5.89. The minimum atomic E-state index is 0.629. The Morgan fingerprint density at radius 2 is 1.87 bits per heavy atom. The van der Waals surface area contributed by atoms with E-state index < -0.39 is 0 Å². The lowest BCUT2D eigenvalue weighted by atomic mass is 10.1. The fourth-order valence-corrected chi connectivity index (χ4v) is 3.73. The van der Waals surface area contributed by atoms with E-state index in [9.17, 15) is 0 Å². The monoisotopic (exact) mass is 327 g/mol. The summed E-state index contributed by atoms with van der Waals surface area (Å²) in [6, 6.07) is 14.7. The average Bonchev–Trinajstić information content (AvgIpc) is 2.57. The maximum absolute atomic E-state index is 9.05. The third kappa shape index (κ3) is 3.21. The molecule has 0 radical (unpaired) electrons. The molecule has 0 saturated heterocycles. The summed E-state index contributed by atoms with van der Waals surface area (Å²) < 4.78 is 0. The van der Waals surface area contributed by atoms with Gasteiger partial charge in [0.2, 0.25) is 0 Å². The molecule has 1 heterocycles. The summed E-state index contributed by atoms with van der Waals surface area (Å²) in [4.78, 5) is 7.06. The minimum absolute atomic E-state index is 0.629. The van der Waals surface area contributed by atoms with E-state index >= 15 is 0 Å². The highest BCUT2D eigenvalue weighted by Crippen LogP contribution is 2.48. The van der Waals surface area contributed by atoms with Gasteiger partial charge in [-0.1, -0.05) is 35.1 Å². The van der Waals surface area contributed by atoms with Crippen molar-refractivity contribution in [1.29, 1.82) is 0 Å². The van der Waals surface area contributed by atoms with E-state index in [1.165, 1.54) is 21.2 Å². The van der Waals surface area contributed by atoms with Crippen molar-refractivity contribution in [3.8, 4) is 0 Å². The third-order valence-electron chi connectivity index (χ3n) is 3.96. The topological polar surface area (TPSA) is 39.1 Å².